The number of hydrogen-bond donors (Lipinski definition) is 1. The summed E-state index contributed by atoms with van der Waals surface area (Å²) in [7, 11) is 0. The number of benzene rings is 2. The van der Waals surface area contributed by atoms with E-state index in [1.165, 1.54) is 11.0 Å². The first-order chi connectivity index (χ1) is 12.4. The van der Waals surface area contributed by atoms with E-state index in [1.54, 1.807) is 24.3 Å². The van der Waals surface area contributed by atoms with Gasteiger partial charge in [-0.1, -0.05) is 29.8 Å². The van der Waals surface area contributed by atoms with Gasteiger partial charge in [-0.05, 0) is 29.8 Å². The fraction of sp³-hybridized carbons (Fsp3) is 0.263. The molecule has 3 rings (SSSR count). The molecule has 0 aliphatic carbocycles. The van der Waals surface area contributed by atoms with Gasteiger partial charge in [0.05, 0.1) is 12.3 Å². The molecule has 0 bridgehead atoms. The van der Waals surface area contributed by atoms with Gasteiger partial charge in [-0.2, -0.15) is 0 Å². The summed E-state index contributed by atoms with van der Waals surface area (Å²) in [6, 6.07) is 10.2. The zero-order chi connectivity index (χ0) is 18.8. The molecule has 1 saturated heterocycles. The Morgan fingerprint density at radius 3 is 2.27 bits per heavy atom. The summed E-state index contributed by atoms with van der Waals surface area (Å²) in [5.74, 6) is -4.29. The largest absolute Gasteiger partial charge is 0.481 e. The molecule has 136 valence electrons. The number of carboxylic acids is 1. The van der Waals surface area contributed by atoms with Crippen LogP contribution in [0.3, 0.4) is 0 Å². The third kappa shape index (κ3) is 3.70. The molecule has 2 atom stereocenters. The highest BCUT2D eigenvalue weighted by Crippen LogP contribution is 2.34. The van der Waals surface area contributed by atoms with Crippen LogP contribution in [0.25, 0.3) is 0 Å². The smallest absolute Gasteiger partial charge is 0.308 e. The molecule has 1 N–H and O–H groups in total. The minimum absolute atomic E-state index is 0.00245. The summed E-state index contributed by atoms with van der Waals surface area (Å²) in [5.41, 5.74) is 0.452. The van der Waals surface area contributed by atoms with Crippen LogP contribution in [0, 0.1) is 17.6 Å². The molecule has 0 radical (unpaired) electrons. The van der Waals surface area contributed by atoms with Crippen molar-refractivity contribution in [1.82, 2.24) is 4.90 Å². The number of rotatable bonds is 4. The Labute approximate surface area is 154 Å². The second kappa shape index (κ2) is 7.41. The lowest BCUT2D eigenvalue weighted by Crippen LogP contribution is -2.31. The van der Waals surface area contributed by atoms with E-state index in [0.29, 0.717) is 5.02 Å². The molecule has 0 aromatic heterocycles. The topological polar surface area (TPSA) is 57.6 Å². The molecule has 1 amide bonds. The standard InChI is InChI=1S/C19H16ClF2NO3/c20-12-6-4-11(5-7-12)14-9-23(10-15(14)19(25)26)18(24)8-13-16(21)2-1-3-17(13)22/h1-7,14-15H,8-10H2,(H,25,26)/t14-,15+/m0/s1. The lowest BCUT2D eigenvalue weighted by atomic mass is 9.89. The third-order valence-corrected chi connectivity index (χ3v) is 4.93. The molecule has 1 fully saturated rings. The Balaban J connectivity index is 1.80. The van der Waals surface area contributed by atoms with Crippen molar-refractivity contribution in [1.29, 1.82) is 0 Å². The highest BCUT2D eigenvalue weighted by molar-refractivity contribution is 6.30. The Morgan fingerprint density at radius 1 is 1.08 bits per heavy atom. The minimum atomic E-state index is -1.02. The van der Waals surface area contributed by atoms with Crippen molar-refractivity contribution in [2.24, 2.45) is 5.92 Å². The Hall–Kier alpha value is -2.47. The number of nitrogens with zero attached hydrogens (tertiary/aromatic N) is 1. The van der Waals surface area contributed by atoms with Crippen LogP contribution >= 0.6 is 11.6 Å². The van der Waals surface area contributed by atoms with Gasteiger partial charge < -0.3 is 10.0 Å². The van der Waals surface area contributed by atoms with Crippen molar-refractivity contribution in [3.63, 3.8) is 0 Å². The lowest BCUT2D eigenvalue weighted by Gasteiger charge is -2.17. The second-order valence-corrected chi connectivity index (χ2v) is 6.71. The number of aliphatic carboxylic acids is 1. The predicted molar refractivity (Wildman–Crippen MR) is 92.0 cm³/mol. The molecule has 0 spiro atoms. The van der Waals surface area contributed by atoms with Gasteiger partial charge in [-0.3, -0.25) is 9.59 Å². The van der Waals surface area contributed by atoms with Crippen molar-refractivity contribution in [3.05, 3.63) is 70.2 Å². The van der Waals surface area contributed by atoms with Crippen molar-refractivity contribution in [2.45, 2.75) is 12.3 Å². The van der Waals surface area contributed by atoms with Crippen LogP contribution in [-0.4, -0.2) is 35.0 Å². The summed E-state index contributed by atoms with van der Waals surface area (Å²) in [6.45, 7) is 0.172. The zero-order valence-corrected chi connectivity index (χ0v) is 14.4. The molecule has 2 aromatic rings. The van der Waals surface area contributed by atoms with Crippen molar-refractivity contribution < 1.29 is 23.5 Å². The van der Waals surface area contributed by atoms with E-state index in [2.05, 4.69) is 0 Å². The molecule has 26 heavy (non-hydrogen) atoms. The minimum Gasteiger partial charge on any atom is -0.481 e. The van der Waals surface area contributed by atoms with Gasteiger partial charge in [0.1, 0.15) is 11.6 Å². The molecule has 4 nitrogen and oxygen atoms in total. The maximum Gasteiger partial charge on any atom is 0.308 e. The molecule has 1 aliphatic rings. The molecule has 0 saturated carbocycles. The SMILES string of the molecule is O=C(O)[C@@H]1CN(C(=O)Cc2c(F)cccc2F)C[C@H]1c1ccc(Cl)cc1. The van der Waals surface area contributed by atoms with Gasteiger partial charge in [0.15, 0.2) is 0 Å². The number of halogens is 3. The number of likely N-dealkylation sites (tertiary alicyclic amines) is 1. The summed E-state index contributed by atoms with van der Waals surface area (Å²) in [6.07, 6.45) is -0.446. The van der Waals surface area contributed by atoms with Crippen LogP contribution < -0.4 is 0 Å². The number of amides is 1. The maximum absolute atomic E-state index is 13.8. The molecule has 1 aliphatic heterocycles. The number of hydrogen-bond acceptors (Lipinski definition) is 2. The fourth-order valence-corrected chi connectivity index (χ4v) is 3.40. The quantitative estimate of drug-likeness (QED) is 0.884. The zero-order valence-electron chi connectivity index (χ0n) is 13.7. The Morgan fingerprint density at radius 2 is 1.69 bits per heavy atom. The highest BCUT2D eigenvalue weighted by Gasteiger charge is 2.40. The Kier molecular flexibility index (Phi) is 5.23. The maximum atomic E-state index is 13.8. The van der Waals surface area contributed by atoms with E-state index in [1.807, 2.05) is 0 Å². The van der Waals surface area contributed by atoms with Crippen LogP contribution in [0.15, 0.2) is 42.5 Å². The average molecular weight is 380 g/mol. The van der Waals surface area contributed by atoms with Crippen LogP contribution in [0.1, 0.15) is 17.0 Å². The van der Waals surface area contributed by atoms with E-state index in [0.717, 1.165) is 17.7 Å². The summed E-state index contributed by atoms with van der Waals surface area (Å²) < 4.78 is 27.5. The van der Waals surface area contributed by atoms with Crippen molar-refractivity contribution in [3.8, 4) is 0 Å². The number of carboxylic acid groups (broad SMARTS) is 1. The van der Waals surface area contributed by atoms with Crippen molar-refractivity contribution >= 4 is 23.5 Å². The van der Waals surface area contributed by atoms with Gasteiger partial charge in [0.25, 0.3) is 0 Å². The van der Waals surface area contributed by atoms with Crippen LogP contribution in [-0.2, 0) is 16.0 Å². The van der Waals surface area contributed by atoms with Crippen molar-refractivity contribution in [2.75, 3.05) is 13.1 Å². The van der Waals surface area contributed by atoms with Gasteiger partial charge >= 0.3 is 5.97 Å². The average Bonchev–Trinajstić information content (AvgIpc) is 3.04. The van der Waals surface area contributed by atoms with Gasteiger partial charge in [-0.25, -0.2) is 8.78 Å². The van der Waals surface area contributed by atoms with Gasteiger partial charge in [-0.15, -0.1) is 0 Å². The third-order valence-electron chi connectivity index (χ3n) is 4.68. The monoisotopic (exact) mass is 379 g/mol. The molecule has 2 aromatic carbocycles. The normalized spacial score (nSPS) is 19.6. The predicted octanol–water partition coefficient (Wildman–Crippen LogP) is 3.49. The first-order valence-corrected chi connectivity index (χ1v) is 8.43. The van der Waals surface area contributed by atoms with Crippen LogP contribution in [0.5, 0.6) is 0 Å². The summed E-state index contributed by atoms with van der Waals surface area (Å²) in [5, 5.41) is 10.0. The first kappa shape index (κ1) is 18.3. The second-order valence-electron chi connectivity index (χ2n) is 6.28. The van der Waals surface area contributed by atoms with Crippen LogP contribution in [0.4, 0.5) is 8.78 Å². The van der Waals surface area contributed by atoms with Crippen LogP contribution in [0.2, 0.25) is 5.02 Å². The molecule has 0 unspecified atom stereocenters. The van der Waals surface area contributed by atoms with E-state index in [4.69, 9.17) is 11.6 Å². The van der Waals surface area contributed by atoms with E-state index >= 15 is 0 Å². The molecule has 1 heterocycles. The van der Waals surface area contributed by atoms with Gasteiger partial charge in [0.2, 0.25) is 5.91 Å². The lowest BCUT2D eigenvalue weighted by molar-refractivity contribution is -0.141. The number of carbonyl (C=O) groups excluding carboxylic acids is 1. The van der Waals surface area contributed by atoms with E-state index in [-0.39, 0.29) is 18.7 Å². The number of carbonyl (C=O) groups is 2. The highest BCUT2D eigenvalue weighted by atomic mass is 35.5. The van der Waals surface area contributed by atoms with E-state index in [9.17, 15) is 23.5 Å². The first-order valence-electron chi connectivity index (χ1n) is 8.05. The Bertz CT molecular complexity index is 821. The summed E-state index contributed by atoms with van der Waals surface area (Å²) in [4.78, 5) is 25.5. The van der Waals surface area contributed by atoms with Gasteiger partial charge in [0, 0.05) is 29.6 Å². The summed E-state index contributed by atoms with van der Waals surface area (Å²) >= 11 is 5.86. The molecular formula is C19H16ClF2NO3. The molecular weight excluding hydrogens is 364 g/mol. The van der Waals surface area contributed by atoms with E-state index < -0.39 is 41.8 Å². The fourth-order valence-electron chi connectivity index (χ4n) is 3.27. The molecule has 7 heteroatoms.